The number of carbonyl (C=O) groups excluding carboxylic acids is 1. The second-order valence-electron chi connectivity index (χ2n) is 7.18. The number of rotatable bonds is 6. The monoisotopic (exact) mass is 339 g/mol. The average Bonchev–Trinajstić information content (AvgIpc) is 2.90. The summed E-state index contributed by atoms with van der Waals surface area (Å²) >= 11 is 1.43. The zero-order valence-electron chi connectivity index (χ0n) is 14.8. The fraction of sp³-hybridized carbons (Fsp3) is 0.875. The van der Waals surface area contributed by atoms with E-state index in [4.69, 9.17) is 0 Å². The first-order valence-corrected chi connectivity index (χ1v) is 9.49. The van der Waals surface area contributed by atoms with E-state index in [9.17, 15) is 4.79 Å². The maximum absolute atomic E-state index is 12.5. The van der Waals surface area contributed by atoms with Gasteiger partial charge in [-0.3, -0.25) is 4.79 Å². The van der Waals surface area contributed by atoms with E-state index in [0.29, 0.717) is 29.0 Å². The smallest absolute Gasteiger partial charge is 0.233 e. The van der Waals surface area contributed by atoms with Crippen molar-refractivity contribution in [3.8, 4) is 0 Å². The van der Waals surface area contributed by atoms with Gasteiger partial charge >= 0.3 is 0 Å². The van der Waals surface area contributed by atoms with E-state index in [2.05, 4.69) is 48.5 Å². The van der Waals surface area contributed by atoms with E-state index in [1.807, 2.05) is 6.92 Å². The Morgan fingerprint density at radius 3 is 2.78 bits per heavy atom. The third-order valence-electron chi connectivity index (χ3n) is 4.72. The Morgan fingerprint density at radius 1 is 1.35 bits per heavy atom. The van der Waals surface area contributed by atoms with Crippen LogP contribution in [-0.4, -0.2) is 37.4 Å². The summed E-state index contributed by atoms with van der Waals surface area (Å²) in [6.45, 7) is 11.5. The van der Waals surface area contributed by atoms with Gasteiger partial charge in [0.25, 0.3) is 0 Å². The largest absolute Gasteiger partial charge is 0.352 e. The lowest BCUT2D eigenvalue weighted by molar-refractivity contribution is -0.121. The maximum atomic E-state index is 12.5. The quantitative estimate of drug-likeness (QED) is 0.807. The van der Waals surface area contributed by atoms with Crippen LogP contribution in [-0.2, 0) is 11.3 Å². The first-order valence-electron chi connectivity index (χ1n) is 8.61. The highest BCUT2D eigenvalue weighted by Crippen LogP contribution is 2.30. The van der Waals surface area contributed by atoms with Crippen LogP contribution in [0, 0.1) is 17.8 Å². The van der Waals surface area contributed by atoms with Crippen LogP contribution in [0.2, 0.25) is 0 Å². The van der Waals surface area contributed by atoms with Crippen molar-refractivity contribution in [3.63, 3.8) is 0 Å². The van der Waals surface area contributed by atoms with Crippen LogP contribution in [0.25, 0.3) is 0 Å². The van der Waals surface area contributed by atoms with E-state index >= 15 is 0 Å². The molecule has 1 amide bonds. The molecular weight excluding hydrogens is 310 g/mol. The van der Waals surface area contributed by atoms with Gasteiger partial charge in [0.1, 0.15) is 0 Å². The van der Waals surface area contributed by atoms with Crippen molar-refractivity contribution in [1.82, 2.24) is 25.5 Å². The minimum atomic E-state index is -0.198. The molecule has 130 valence electrons. The van der Waals surface area contributed by atoms with Gasteiger partial charge in [-0.2, -0.15) is 0 Å². The van der Waals surface area contributed by atoms with Gasteiger partial charge in [-0.1, -0.05) is 52.3 Å². The number of hydrogen-bond donors (Lipinski definition) is 1. The lowest BCUT2D eigenvalue weighted by Crippen LogP contribution is -2.46. The minimum absolute atomic E-state index is 0.0834. The molecule has 23 heavy (non-hydrogen) atoms. The molecule has 1 saturated carbocycles. The molecule has 7 heteroatoms. The van der Waals surface area contributed by atoms with Crippen LogP contribution in [0.4, 0.5) is 0 Å². The summed E-state index contributed by atoms with van der Waals surface area (Å²) in [4.78, 5) is 12.5. The molecule has 0 radical (unpaired) electrons. The number of thioether (sulfide) groups is 1. The molecule has 0 saturated heterocycles. The third-order valence-corrected chi connectivity index (χ3v) is 5.79. The van der Waals surface area contributed by atoms with E-state index in [0.717, 1.165) is 13.0 Å². The third kappa shape index (κ3) is 4.93. The van der Waals surface area contributed by atoms with E-state index in [-0.39, 0.29) is 11.2 Å². The van der Waals surface area contributed by atoms with Gasteiger partial charge < -0.3 is 5.32 Å². The highest BCUT2D eigenvalue weighted by atomic mass is 32.2. The zero-order chi connectivity index (χ0) is 17.0. The number of hydrogen-bond acceptors (Lipinski definition) is 5. The molecule has 1 N–H and O–H groups in total. The van der Waals surface area contributed by atoms with Crippen molar-refractivity contribution in [1.29, 1.82) is 0 Å². The summed E-state index contributed by atoms with van der Waals surface area (Å²) in [5.74, 6) is 1.76. The fourth-order valence-corrected chi connectivity index (χ4v) is 3.85. The topological polar surface area (TPSA) is 72.7 Å². The van der Waals surface area contributed by atoms with Crippen molar-refractivity contribution < 1.29 is 4.79 Å². The Kier molecular flexibility index (Phi) is 6.44. The number of amides is 1. The van der Waals surface area contributed by atoms with Crippen LogP contribution in [0.1, 0.15) is 53.9 Å². The van der Waals surface area contributed by atoms with Gasteiger partial charge in [0, 0.05) is 12.6 Å². The summed E-state index contributed by atoms with van der Waals surface area (Å²) in [5.41, 5.74) is 0. The Balaban J connectivity index is 1.91. The molecule has 4 unspecified atom stereocenters. The molecular formula is C16H29N5OS. The van der Waals surface area contributed by atoms with Crippen molar-refractivity contribution in [2.75, 3.05) is 0 Å². The average molecular weight is 340 g/mol. The van der Waals surface area contributed by atoms with Crippen LogP contribution in [0.3, 0.4) is 0 Å². The number of nitrogens with one attached hydrogen (secondary N) is 1. The van der Waals surface area contributed by atoms with Crippen LogP contribution < -0.4 is 5.32 Å². The normalized spacial score (nSPS) is 26.3. The van der Waals surface area contributed by atoms with Gasteiger partial charge in [-0.25, -0.2) is 4.68 Å². The molecule has 0 aliphatic heterocycles. The SMILES string of the molecule is CC(C)Cn1nnnc1SC(C)C(=O)NC1CCCC(C)C1C. The summed E-state index contributed by atoms with van der Waals surface area (Å²) in [7, 11) is 0. The molecule has 0 aromatic carbocycles. The number of aromatic nitrogens is 4. The first-order chi connectivity index (χ1) is 10.9. The van der Waals surface area contributed by atoms with Crippen molar-refractivity contribution in [3.05, 3.63) is 0 Å². The zero-order valence-corrected chi connectivity index (χ0v) is 15.6. The summed E-state index contributed by atoms with van der Waals surface area (Å²) in [6, 6.07) is 0.293. The summed E-state index contributed by atoms with van der Waals surface area (Å²) in [6.07, 6.45) is 3.55. The predicted octanol–water partition coefficient (Wildman–Crippen LogP) is 2.75. The van der Waals surface area contributed by atoms with Crippen LogP contribution in [0.5, 0.6) is 0 Å². The maximum Gasteiger partial charge on any atom is 0.233 e. The molecule has 4 atom stereocenters. The van der Waals surface area contributed by atoms with Crippen molar-refractivity contribution >= 4 is 17.7 Å². The van der Waals surface area contributed by atoms with E-state index in [1.165, 1.54) is 24.6 Å². The van der Waals surface area contributed by atoms with Gasteiger partial charge in [-0.15, -0.1) is 5.10 Å². The highest BCUT2D eigenvalue weighted by molar-refractivity contribution is 8.00. The molecule has 0 spiro atoms. The van der Waals surface area contributed by atoms with Gasteiger partial charge in [-0.05, 0) is 41.5 Å². The van der Waals surface area contributed by atoms with Gasteiger partial charge in [0.15, 0.2) is 0 Å². The molecule has 1 aliphatic rings. The second-order valence-corrected chi connectivity index (χ2v) is 8.49. The number of carbonyl (C=O) groups is 1. The second kappa shape index (κ2) is 8.13. The van der Waals surface area contributed by atoms with Crippen molar-refractivity contribution in [2.45, 2.75) is 76.9 Å². The van der Waals surface area contributed by atoms with Crippen molar-refractivity contribution in [2.24, 2.45) is 17.8 Å². The summed E-state index contributed by atoms with van der Waals surface area (Å²) in [5, 5.41) is 15.5. The molecule has 1 fully saturated rings. The number of nitrogens with zero attached hydrogens (tertiary/aromatic N) is 4. The van der Waals surface area contributed by atoms with Crippen LogP contribution in [0.15, 0.2) is 5.16 Å². The van der Waals surface area contributed by atoms with Crippen LogP contribution >= 0.6 is 11.8 Å². The molecule has 6 nitrogen and oxygen atoms in total. The molecule has 1 aliphatic carbocycles. The highest BCUT2D eigenvalue weighted by Gasteiger charge is 2.29. The molecule has 2 rings (SSSR count). The summed E-state index contributed by atoms with van der Waals surface area (Å²) < 4.78 is 1.78. The molecule has 1 aromatic heterocycles. The Bertz CT molecular complexity index is 518. The number of tetrazole rings is 1. The van der Waals surface area contributed by atoms with Gasteiger partial charge in [0.2, 0.25) is 11.1 Å². The lowest BCUT2D eigenvalue weighted by atomic mass is 9.78. The Morgan fingerprint density at radius 2 is 2.09 bits per heavy atom. The van der Waals surface area contributed by atoms with E-state index in [1.54, 1.807) is 4.68 Å². The molecule has 1 aromatic rings. The Labute approximate surface area is 143 Å². The first kappa shape index (κ1) is 18.2. The van der Waals surface area contributed by atoms with Gasteiger partial charge in [0.05, 0.1) is 5.25 Å². The predicted molar refractivity (Wildman–Crippen MR) is 92.1 cm³/mol. The minimum Gasteiger partial charge on any atom is -0.352 e. The van der Waals surface area contributed by atoms with E-state index < -0.39 is 0 Å². The molecule has 1 heterocycles. The lowest BCUT2D eigenvalue weighted by Gasteiger charge is -2.35. The Hall–Kier alpha value is -1.11. The fourth-order valence-electron chi connectivity index (χ4n) is 3.04. The standard InChI is InChI=1S/C16H29N5OS/c1-10(2)9-21-16(18-19-20-21)23-13(5)15(22)17-14-8-6-7-11(3)12(14)4/h10-14H,6-9H2,1-5H3,(H,17,22). The molecule has 0 bridgehead atoms.